The van der Waals surface area contributed by atoms with Gasteiger partial charge in [0.15, 0.2) is 11.5 Å². The number of rotatable bonds is 6. The Morgan fingerprint density at radius 2 is 1.58 bits per heavy atom. The molecule has 4 rings (SSSR count). The van der Waals surface area contributed by atoms with Crippen molar-refractivity contribution in [2.24, 2.45) is 0 Å². The summed E-state index contributed by atoms with van der Waals surface area (Å²) in [5.74, 6) is 0.625. The number of Topliss-reactive ketones (excluding diaryl/α,β-unsaturated/α-hetero) is 1. The quantitative estimate of drug-likeness (QED) is 0.278. The number of unbranched alkanes of at least 4 members (excludes halogenated alkanes) is 3. The van der Waals surface area contributed by atoms with Crippen molar-refractivity contribution >= 4 is 27.7 Å². The molecule has 2 aromatic carbocycles. The number of furan rings is 2. The van der Waals surface area contributed by atoms with Crippen molar-refractivity contribution in [1.82, 2.24) is 0 Å². The van der Waals surface area contributed by atoms with Gasteiger partial charge in [-0.25, -0.2) is 0 Å². The zero-order valence-electron chi connectivity index (χ0n) is 15.1. The lowest BCUT2D eigenvalue weighted by Crippen LogP contribution is -1.96. The molecule has 0 fully saturated rings. The van der Waals surface area contributed by atoms with E-state index in [0.29, 0.717) is 12.2 Å². The number of para-hydroxylation sites is 2. The highest BCUT2D eigenvalue weighted by atomic mass is 16.3. The van der Waals surface area contributed by atoms with Crippen molar-refractivity contribution in [3.8, 4) is 0 Å². The Bertz CT molecular complexity index is 898. The van der Waals surface area contributed by atoms with Gasteiger partial charge in [0.1, 0.15) is 11.2 Å². The molecule has 2 heterocycles. The molecule has 0 saturated carbocycles. The fourth-order valence-corrected chi connectivity index (χ4v) is 2.86. The van der Waals surface area contributed by atoms with E-state index in [1.54, 1.807) is 6.26 Å². The number of fused-ring (bicyclic) bond motifs is 2. The van der Waals surface area contributed by atoms with Crippen LogP contribution < -0.4 is 0 Å². The summed E-state index contributed by atoms with van der Waals surface area (Å²) < 4.78 is 10.7. The molecule has 0 N–H and O–H groups in total. The van der Waals surface area contributed by atoms with E-state index in [1.807, 2.05) is 60.7 Å². The molecule has 0 saturated heterocycles. The molecule has 0 amide bonds. The van der Waals surface area contributed by atoms with Crippen molar-refractivity contribution in [3.05, 3.63) is 72.7 Å². The molecule has 0 aliphatic heterocycles. The van der Waals surface area contributed by atoms with Crippen LogP contribution in [0.3, 0.4) is 0 Å². The SMILES string of the molecule is CCCCCCC(=O)c1cc2ccccc2o1.c1ccc2occc2c1. The van der Waals surface area contributed by atoms with E-state index in [0.717, 1.165) is 34.8 Å². The molecule has 0 aliphatic carbocycles. The summed E-state index contributed by atoms with van der Waals surface area (Å²) >= 11 is 0. The van der Waals surface area contributed by atoms with Crippen LogP contribution in [0, 0.1) is 0 Å². The average molecular weight is 348 g/mol. The highest BCUT2D eigenvalue weighted by Gasteiger charge is 2.11. The van der Waals surface area contributed by atoms with Gasteiger partial charge in [0.2, 0.25) is 0 Å². The van der Waals surface area contributed by atoms with Gasteiger partial charge < -0.3 is 8.83 Å². The third-order valence-corrected chi connectivity index (χ3v) is 4.32. The topological polar surface area (TPSA) is 43.4 Å². The fourth-order valence-electron chi connectivity index (χ4n) is 2.86. The first kappa shape index (κ1) is 18.0. The number of hydrogen-bond donors (Lipinski definition) is 0. The average Bonchev–Trinajstić information content (AvgIpc) is 3.32. The maximum atomic E-state index is 11.9. The highest BCUT2D eigenvalue weighted by Crippen LogP contribution is 2.20. The first-order chi connectivity index (χ1) is 12.8. The van der Waals surface area contributed by atoms with E-state index in [9.17, 15) is 4.79 Å². The Kier molecular flexibility index (Phi) is 6.26. The Hall–Kier alpha value is -2.81. The maximum Gasteiger partial charge on any atom is 0.198 e. The van der Waals surface area contributed by atoms with Crippen LogP contribution >= 0.6 is 0 Å². The van der Waals surface area contributed by atoms with Gasteiger partial charge >= 0.3 is 0 Å². The molecule has 0 atom stereocenters. The van der Waals surface area contributed by atoms with Gasteiger partial charge in [0.05, 0.1) is 6.26 Å². The van der Waals surface area contributed by atoms with E-state index >= 15 is 0 Å². The first-order valence-corrected chi connectivity index (χ1v) is 9.22. The molecule has 0 unspecified atom stereocenters. The summed E-state index contributed by atoms with van der Waals surface area (Å²) in [6.07, 6.45) is 6.78. The zero-order chi connectivity index (χ0) is 18.2. The Morgan fingerprint density at radius 1 is 0.846 bits per heavy atom. The second-order valence-electron chi connectivity index (χ2n) is 6.34. The first-order valence-electron chi connectivity index (χ1n) is 9.22. The second kappa shape index (κ2) is 9.04. The van der Waals surface area contributed by atoms with E-state index < -0.39 is 0 Å². The van der Waals surface area contributed by atoms with Gasteiger partial charge in [-0.3, -0.25) is 4.79 Å². The minimum atomic E-state index is 0.123. The number of carbonyl (C=O) groups excluding carboxylic acids is 1. The van der Waals surface area contributed by atoms with E-state index in [4.69, 9.17) is 8.83 Å². The molecule has 134 valence electrons. The largest absolute Gasteiger partial charge is 0.464 e. The summed E-state index contributed by atoms with van der Waals surface area (Å²) in [4.78, 5) is 11.9. The lowest BCUT2D eigenvalue weighted by molar-refractivity contribution is 0.0954. The molecule has 0 bridgehead atoms. The monoisotopic (exact) mass is 348 g/mol. The Balaban J connectivity index is 0.000000181. The van der Waals surface area contributed by atoms with Crippen LogP contribution in [-0.4, -0.2) is 5.78 Å². The van der Waals surface area contributed by atoms with Gasteiger partial charge in [-0.05, 0) is 30.7 Å². The number of carbonyl (C=O) groups is 1. The molecule has 26 heavy (non-hydrogen) atoms. The van der Waals surface area contributed by atoms with Crippen LogP contribution in [-0.2, 0) is 0 Å². The molecule has 3 heteroatoms. The van der Waals surface area contributed by atoms with Gasteiger partial charge in [-0.1, -0.05) is 62.6 Å². The lowest BCUT2D eigenvalue weighted by atomic mass is 10.1. The Labute approximate surface area is 153 Å². The summed E-state index contributed by atoms with van der Waals surface area (Å²) in [5, 5.41) is 2.17. The number of hydrogen-bond acceptors (Lipinski definition) is 3. The van der Waals surface area contributed by atoms with Crippen LogP contribution in [0.4, 0.5) is 0 Å². The third-order valence-electron chi connectivity index (χ3n) is 4.32. The highest BCUT2D eigenvalue weighted by molar-refractivity contribution is 5.97. The molecule has 4 aromatic rings. The molecule has 0 aliphatic rings. The Morgan fingerprint density at radius 3 is 2.31 bits per heavy atom. The van der Waals surface area contributed by atoms with Crippen LogP contribution in [0.15, 0.2) is 75.8 Å². The van der Waals surface area contributed by atoms with Gasteiger partial charge in [0.25, 0.3) is 0 Å². The van der Waals surface area contributed by atoms with E-state index in [2.05, 4.69) is 6.92 Å². The van der Waals surface area contributed by atoms with Crippen molar-refractivity contribution in [1.29, 1.82) is 0 Å². The van der Waals surface area contributed by atoms with E-state index in [-0.39, 0.29) is 5.78 Å². The number of benzene rings is 2. The third kappa shape index (κ3) is 4.63. The molecule has 0 radical (unpaired) electrons. The molecular weight excluding hydrogens is 324 g/mol. The lowest BCUT2D eigenvalue weighted by Gasteiger charge is -1.97. The molecule has 2 aromatic heterocycles. The van der Waals surface area contributed by atoms with Crippen molar-refractivity contribution < 1.29 is 13.6 Å². The normalized spacial score (nSPS) is 10.7. The standard InChI is InChI=1S/C15H18O2.C8H6O/c1-2-3-4-5-9-13(16)15-11-12-8-6-7-10-14(12)17-15;1-2-4-8-7(3-1)5-6-9-8/h6-8,10-11H,2-5,9H2,1H3;1-6H. The van der Waals surface area contributed by atoms with Crippen molar-refractivity contribution in [2.75, 3.05) is 0 Å². The van der Waals surface area contributed by atoms with Crippen molar-refractivity contribution in [2.45, 2.75) is 39.0 Å². The fraction of sp³-hybridized carbons (Fsp3) is 0.261. The summed E-state index contributed by atoms with van der Waals surface area (Å²) in [5.41, 5.74) is 1.75. The summed E-state index contributed by atoms with van der Waals surface area (Å²) in [6, 6.07) is 19.5. The molecule has 3 nitrogen and oxygen atoms in total. The number of ketones is 1. The van der Waals surface area contributed by atoms with Gasteiger partial charge in [-0.15, -0.1) is 0 Å². The minimum Gasteiger partial charge on any atom is -0.464 e. The van der Waals surface area contributed by atoms with Crippen molar-refractivity contribution in [3.63, 3.8) is 0 Å². The minimum absolute atomic E-state index is 0.123. The van der Waals surface area contributed by atoms with E-state index in [1.165, 1.54) is 12.8 Å². The molecular formula is C23H24O3. The van der Waals surface area contributed by atoms with Gasteiger partial charge in [0, 0.05) is 17.2 Å². The maximum absolute atomic E-state index is 11.9. The van der Waals surface area contributed by atoms with Crippen LogP contribution in [0.5, 0.6) is 0 Å². The zero-order valence-corrected chi connectivity index (χ0v) is 15.1. The predicted octanol–water partition coefficient (Wildman–Crippen LogP) is 7.02. The summed E-state index contributed by atoms with van der Waals surface area (Å²) in [7, 11) is 0. The van der Waals surface area contributed by atoms with Crippen LogP contribution in [0.2, 0.25) is 0 Å². The van der Waals surface area contributed by atoms with Crippen LogP contribution in [0.25, 0.3) is 21.9 Å². The van der Waals surface area contributed by atoms with Crippen LogP contribution in [0.1, 0.15) is 49.6 Å². The van der Waals surface area contributed by atoms with Gasteiger partial charge in [-0.2, -0.15) is 0 Å². The predicted molar refractivity (Wildman–Crippen MR) is 106 cm³/mol. The second-order valence-corrected chi connectivity index (χ2v) is 6.34. The summed E-state index contributed by atoms with van der Waals surface area (Å²) in [6.45, 7) is 2.17. The molecule has 0 spiro atoms. The smallest absolute Gasteiger partial charge is 0.198 e.